The first kappa shape index (κ1) is 20.1. The van der Waals surface area contributed by atoms with Crippen LogP contribution in [0.1, 0.15) is 39.2 Å². The summed E-state index contributed by atoms with van der Waals surface area (Å²) in [4.78, 5) is 26.2. The average Bonchev–Trinajstić information content (AvgIpc) is 2.57. The minimum atomic E-state index is -0.528. The van der Waals surface area contributed by atoms with E-state index < -0.39 is 5.60 Å². The van der Waals surface area contributed by atoms with E-state index in [1.807, 2.05) is 52.0 Å². The molecule has 0 radical (unpaired) electrons. The number of carbonyl (C=O) groups excluding carboxylic acids is 2. The van der Waals surface area contributed by atoms with Gasteiger partial charge in [0.1, 0.15) is 18.0 Å². The molecule has 1 aliphatic heterocycles. The number of benzene rings is 1. The van der Waals surface area contributed by atoms with Crippen molar-refractivity contribution in [3.63, 3.8) is 0 Å². The molecule has 0 aromatic heterocycles. The van der Waals surface area contributed by atoms with Crippen LogP contribution in [-0.4, -0.2) is 48.7 Å². The number of hydrogen-bond donors (Lipinski definition) is 1. The lowest BCUT2D eigenvalue weighted by molar-refractivity contribution is -0.126. The molecule has 6 heteroatoms. The molecule has 1 saturated heterocycles. The number of piperidine rings is 1. The minimum absolute atomic E-state index is 0.0360. The van der Waals surface area contributed by atoms with Gasteiger partial charge in [0.25, 0.3) is 0 Å². The Balaban J connectivity index is 1.73. The van der Waals surface area contributed by atoms with Gasteiger partial charge >= 0.3 is 6.09 Å². The predicted molar refractivity (Wildman–Crippen MR) is 100 cm³/mol. The van der Waals surface area contributed by atoms with Gasteiger partial charge in [-0.25, -0.2) is 4.79 Å². The van der Waals surface area contributed by atoms with Gasteiger partial charge in [0, 0.05) is 13.1 Å². The molecule has 0 aliphatic carbocycles. The number of carbonyl (C=O) groups is 2. The average molecular weight is 362 g/mol. The zero-order valence-electron chi connectivity index (χ0n) is 16.2. The summed E-state index contributed by atoms with van der Waals surface area (Å²) in [6, 6.07) is 7.81. The Morgan fingerprint density at radius 1 is 1.31 bits per heavy atom. The van der Waals surface area contributed by atoms with Gasteiger partial charge in [0.2, 0.25) is 5.91 Å². The molecule has 1 N–H and O–H groups in total. The Kier molecular flexibility index (Phi) is 6.89. The van der Waals surface area contributed by atoms with Gasteiger partial charge in [0.05, 0.1) is 12.5 Å². The highest BCUT2D eigenvalue weighted by molar-refractivity contribution is 5.80. The third-order valence-electron chi connectivity index (χ3n) is 4.10. The molecule has 0 spiro atoms. The van der Waals surface area contributed by atoms with Gasteiger partial charge in [-0.3, -0.25) is 4.79 Å². The Bertz CT molecular complexity index is 624. The van der Waals surface area contributed by atoms with E-state index in [0.29, 0.717) is 26.2 Å². The molecule has 144 valence electrons. The van der Waals surface area contributed by atoms with E-state index >= 15 is 0 Å². The number of amides is 2. The number of hydrogen-bond acceptors (Lipinski definition) is 4. The standard InChI is InChI=1S/C20H30N2O4/c1-15-7-5-9-17(13-15)25-12-10-21-18(23)16-8-6-11-22(14-16)19(24)26-20(2,3)4/h5,7,9,13,16H,6,8,10-12,14H2,1-4H3,(H,21,23). The van der Waals surface area contributed by atoms with E-state index in [-0.39, 0.29) is 17.9 Å². The van der Waals surface area contributed by atoms with Crippen molar-refractivity contribution in [2.24, 2.45) is 5.92 Å². The molecule has 6 nitrogen and oxygen atoms in total. The number of aryl methyl sites for hydroxylation is 1. The van der Waals surface area contributed by atoms with Crippen LogP contribution in [0.25, 0.3) is 0 Å². The van der Waals surface area contributed by atoms with Crippen LogP contribution in [0, 0.1) is 12.8 Å². The van der Waals surface area contributed by atoms with Crippen LogP contribution in [0.4, 0.5) is 4.79 Å². The molecule has 1 aromatic rings. The summed E-state index contributed by atoms with van der Waals surface area (Å²) in [7, 11) is 0. The normalized spacial score (nSPS) is 17.5. The molecular formula is C20H30N2O4. The fraction of sp³-hybridized carbons (Fsp3) is 0.600. The monoisotopic (exact) mass is 362 g/mol. The van der Waals surface area contributed by atoms with Gasteiger partial charge < -0.3 is 19.7 Å². The van der Waals surface area contributed by atoms with Crippen molar-refractivity contribution in [2.75, 3.05) is 26.2 Å². The molecule has 1 fully saturated rings. The molecule has 0 saturated carbocycles. The van der Waals surface area contributed by atoms with E-state index in [0.717, 1.165) is 24.2 Å². The smallest absolute Gasteiger partial charge is 0.410 e. The van der Waals surface area contributed by atoms with Crippen LogP contribution in [0.5, 0.6) is 5.75 Å². The maximum Gasteiger partial charge on any atom is 0.410 e. The summed E-state index contributed by atoms with van der Waals surface area (Å²) in [5.41, 5.74) is 0.607. The SMILES string of the molecule is Cc1cccc(OCCNC(=O)C2CCCN(C(=O)OC(C)(C)C)C2)c1. The van der Waals surface area contributed by atoms with Crippen molar-refractivity contribution < 1.29 is 19.1 Å². The highest BCUT2D eigenvalue weighted by Crippen LogP contribution is 2.19. The quantitative estimate of drug-likeness (QED) is 0.817. The molecular weight excluding hydrogens is 332 g/mol. The van der Waals surface area contributed by atoms with Crippen LogP contribution >= 0.6 is 0 Å². The molecule has 26 heavy (non-hydrogen) atoms. The molecule has 1 heterocycles. The lowest BCUT2D eigenvalue weighted by atomic mass is 9.97. The van der Waals surface area contributed by atoms with Crippen LogP contribution in [-0.2, 0) is 9.53 Å². The van der Waals surface area contributed by atoms with Crippen molar-refractivity contribution in [2.45, 2.75) is 46.1 Å². The maximum absolute atomic E-state index is 12.4. The fourth-order valence-corrected chi connectivity index (χ4v) is 2.88. The van der Waals surface area contributed by atoms with E-state index in [2.05, 4.69) is 5.32 Å². The fourth-order valence-electron chi connectivity index (χ4n) is 2.88. The van der Waals surface area contributed by atoms with E-state index in [1.54, 1.807) is 4.90 Å². The van der Waals surface area contributed by atoms with Crippen LogP contribution in [0.15, 0.2) is 24.3 Å². The molecule has 1 aromatic carbocycles. The maximum atomic E-state index is 12.4. The Labute approximate surface area is 155 Å². The Hall–Kier alpha value is -2.24. The van der Waals surface area contributed by atoms with Gasteiger partial charge in [-0.1, -0.05) is 12.1 Å². The van der Waals surface area contributed by atoms with Crippen LogP contribution < -0.4 is 10.1 Å². The topological polar surface area (TPSA) is 67.9 Å². The number of nitrogens with zero attached hydrogens (tertiary/aromatic N) is 1. The first-order chi connectivity index (χ1) is 12.2. The van der Waals surface area contributed by atoms with Gasteiger partial charge in [-0.15, -0.1) is 0 Å². The van der Waals surface area contributed by atoms with E-state index in [9.17, 15) is 9.59 Å². The predicted octanol–water partition coefficient (Wildman–Crippen LogP) is 3.14. The summed E-state index contributed by atoms with van der Waals surface area (Å²) < 4.78 is 11.0. The molecule has 1 unspecified atom stereocenters. The highest BCUT2D eigenvalue weighted by atomic mass is 16.6. The highest BCUT2D eigenvalue weighted by Gasteiger charge is 2.30. The molecule has 1 aliphatic rings. The van der Waals surface area contributed by atoms with Crippen molar-refractivity contribution in [3.05, 3.63) is 29.8 Å². The zero-order valence-corrected chi connectivity index (χ0v) is 16.2. The molecule has 0 bridgehead atoms. The van der Waals surface area contributed by atoms with Crippen molar-refractivity contribution >= 4 is 12.0 Å². The zero-order chi connectivity index (χ0) is 19.2. The summed E-state index contributed by atoms with van der Waals surface area (Å²) in [5, 5.41) is 2.90. The second-order valence-electron chi connectivity index (χ2n) is 7.72. The first-order valence-electron chi connectivity index (χ1n) is 9.20. The number of likely N-dealkylation sites (tertiary alicyclic amines) is 1. The van der Waals surface area contributed by atoms with Crippen LogP contribution in [0.2, 0.25) is 0 Å². The van der Waals surface area contributed by atoms with Crippen molar-refractivity contribution in [3.8, 4) is 5.75 Å². The van der Waals surface area contributed by atoms with Gasteiger partial charge in [0.15, 0.2) is 0 Å². The number of rotatable bonds is 5. The summed E-state index contributed by atoms with van der Waals surface area (Å²) >= 11 is 0. The van der Waals surface area contributed by atoms with Crippen molar-refractivity contribution in [1.29, 1.82) is 0 Å². The number of ether oxygens (including phenoxy) is 2. The summed E-state index contributed by atoms with van der Waals surface area (Å²) in [6.07, 6.45) is 1.24. The summed E-state index contributed by atoms with van der Waals surface area (Å²) in [5.74, 6) is 0.564. The van der Waals surface area contributed by atoms with Crippen LogP contribution in [0.3, 0.4) is 0 Å². The third-order valence-corrected chi connectivity index (χ3v) is 4.10. The number of nitrogens with one attached hydrogen (secondary N) is 1. The second kappa shape index (κ2) is 8.92. The van der Waals surface area contributed by atoms with Crippen molar-refractivity contribution in [1.82, 2.24) is 10.2 Å². The lowest BCUT2D eigenvalue weighted by Crippen LogP contribution is -2.47. The van der Waals surface area contributed by atoms with Gasteiger partial charge in [-0.05, 0) is 58.2 Å². The first-order valence-corrected chi connectivity index (χ1v) is 9.20. The second-order valence-corrected chi connectivity index (χ2v) is 7.72. The molecule has 2 amide bonds. The lowest BCUT2D eigenvalue weighted by Gasteiger charge is -2.33. The largest absolute Gasteiger partial charge is 0.492 e. The van der Waals surface area contributed by atoms with E-state index in [1.165, 1.54) is 0 Å². The minimum Gasteiger partial charge on any atom is -0.492 e. The summed E-state index contributed by atoms with van der Waals surface area (Å²) in [6.45, 7) is 9.42. The Morgan fingerprint density at radius 2 is 2.08 bits per heavy atom. The molecule has 2 rings (SSSR count). The Morgan fingerprint density at radius 3 is 2.77 bits per heavy atom. The molecule has 1 atom stereocenters. The third kappa shape index (κ3) is 6.58. The van der Waals surface area contributed by atoms with Gasteiger partial charge in [-0.2, -0.15) is 0 Å². The van der Waals surface area contributed by atoms with E-state index in [4.69, 9.17) is 9.47 Å².